The minimum atomic E-state index is -0.281. The molecule has 0 radical (unpaired) electrons. The number of benzene rings is 3. The van der Waals surface area contributed by atoms with Crippen molar-refractivity contribution >= 4 is 34.8 Å². The summed E-state index contributed by atoms with van der Waals surface area (Å²) in [7, 11) is 1.63. The Labute approximate surface area is 192 Å². The molecule has 3 aromatic carbocycles. The van der Waals surface area contributed by atoms with Crippen molar-refractivity contribution in [2.24, 2.45) is 0 Å². The first kappa shape index (κ1) is 22.4. The summed E-state index contributed by atoms with van der Waals surface area (Å²) >= 11 is 0. The van der Waals surface area contributed by atoms with Crippen molar-refractivity contribution in [2.75, 3.05) is 18.6 Å². The maximum Gasteiger partial charge on any atom is 0.247 e. The third kappa shape index (κ3) is 5.18. The van der Waals surface area contributed by atoms with Crippen LogP contribution in [0.5, 0.6) is 0 Å². The molecular weight excluding hydrogens is 417 g/mol. The topological polar surface area (TPSA) is 47.4 Å². The fourth-order valence-electron chi connectivity index (χ4n) is 3.89. The van der Waals surface area contributed by atoms with E-state index < -0.39 is 0 Å². The Balaban J connectivity index is 1.69. The number of hydrogen-bond donors (Lipinski definition) is 0. The van der Waals surface area contributed by atoms with Crippen LogP contribution in [0.15, 0.2) is 78.9 Å². The molecule has 1 amide bonds. The summed E-state index contributed by atoms with van der Waals surface area (Å²) < 4.78 is 20.5. The quantitative estimate of drug-likeness (QED) is 0.366. The van der Waals surface area contributed by atoms with Gasteiger partial charge in [-0.25, -0.2) is 9.37 Å². The van der Waals surface area contributed by atoms with Gasteiger partial charge in [0, 0.05) is 12.8 Å². The van der Waals surface area contributed by atoms with Gasteiger partial charge < -0.3 is 14.2 Å². The lowest BCUT2D eigenvalue weighted by Crippen LogP contribution is -2.43. The SMILES string of the molecule is COCC(C)N(C(=O)Cn1c(/C=C/c2ccc(F)cc2)nc2ccccc21)c1ccccc1. The van der Waals surface area contributed by atoms with E-state index in [2.05, 4.69) is 0 Å². The van der Waals surface area contributed by atoms with Gasteiger partial charge in [-0.3, -0.25) is 4.79 Å². The van der Waals surface area contributed by atoms with Crippen LogP contribution < -0.4 is 4.90 Å². The molecule has 0 aliphatic heterocycles. The molecule has 4 aromatic rings. The van der Waals surface area contributed by atoms with E-state index in [4.69, 9.17) is 9.72 Å². The van der Waals surface area contributed by atoms with Crippen LogP contribution in [-0.2, 0) is 16.1 Å². The minimum absolute atomic E-state index is 0.0645. The molecule has 33 heavy (non-hydrogen) atoms. The maximum absolute atomic E-state index is 13.6. The van der Waals surface area contributed by atoms with Crippen LogP contribution in [0.4, 0.5) is 10.1 Å². The van der Waals surface area contributed by atoms with E-state index in [1.54, 1.807) is 24.1 Å². The molecule has 0 saturated carbocycles. The molecule has 168 valence electrons. The van der Waals surface area contributed by atoms with Crippen LogP contribution in [0.2, 0.25) is 0 Å². The Hall–Kier alpha value is -3.77. The van der Waals surface area contributed by atoms with Gasteiger partial charge in [0.15, 0.2) is 0 Å². The number of hydrogen-bond acceptors (Lipinski definition) is 3. The van der Waals surface area contributed by atoms with Gasteiger partial charge in [-0.1, -0.05) is 48.5 Å². The highest BCUT2D eigenvalue weighted by atomic mass is 19.1. The number of carbonyl (C=O) groups is 1. The molecule has 5 nitrogen and oxygen atoms in total. The van der Waals surface area contributed by atoms with Crippen LogP contribution >= 0.6 is 0 Å². The Bertz CT molecular complexity index is 1250. The lowest BCUT2D eigenvalue weighted by molar-refractivity contribution is -0.119. The highest BCUT2D eigenvalue weighted by Crippen LogP contribution is 2.22. The van der Waals surface area contributed by atoms with Crippen LogP contribution in [0, 0.1) is 5.82 Å². The van der Waals surface area contributed by atoms with Gasteiger partial charge in [-0.2, -0.15) is 0 Å². The molecule has 6 heteroatoms. The lowest BCUT2D eigenvalue weighted by atomic mass is 10.2. The molecule has 0 fully saturated rings. The summed E-state index contributed by atoms with van der Waals surface area (Å²) in [5.74, 6) is 0.308. The first-order valence-electron chi connectivity index (χ1n) is 10.8. The summed E-state index contributed by atoms with van der Waals surface area (Å²) in [6, 6.07) is 23.4. The number of fused-ring (bicyclic) bond motifs is 1. The molecule has 1 atom stereocenters. The van der Waals surface area contributed by atoms with Crippen LogP contribution in [0.25, 0.3) is 23.2 Å². The van der Waals surface area contributed by atoms with Crippen molar-refractivity contribution in [1.82, 2.24) is 9.55 Å². The lowest BCUT2D eigenvalue weighted by Gasteiger charge is -2.29. The van der Waals surface area contributed by atoms with Crippen molar-refractivity contribution in [3.8, 4) is 0 Å². The normalized spacial score (nSPS) is 12.3. The van der Waals surface area contributed by atoms with Gasteiger partial charge in [0.25, 0.3) is 0 Å². The zero-order valence-corrected chi connectivity index (χ0v) is 18.7. The number of imidazole rings is 1. The molecular formula is C27H26FN3O2. The Morgan fingerprint density at radius 1 is 1.03 bits per heavy atom. The molecule has 0 N–H and O–H groups in total. The fourth-order valence-corrected chi connectivity index (χ4v) is 3.89. The average molecular weight is 444 g/mol. The van der Waals surface area contributed by atoms with Crippen molar-refractivity contribution in [1.29, 1.82) is 0 Å². The minimum Gasteiger partial charge on any atom is -0.383 e. The second-order valence-corrected chi connectivity index (χ2v) is 7.83. The summed E-state index contributed by atoms with van der Waals surface area (Å²) in [5.41, 5.74) is 3.35. The number of halogens is 1. The number of rotatable bonds is 8. The Morgan fingerprint density at radius 2 is 1.73 bits per heavy atom. The number of para-hydroxylation sites is 3. The van der Waals surface area contributed by atoms with Crippen molar-refractivity contribution in [3.05, 3.63) is 96.1 Å². The molecule has 0 aliphatic rings. The summed E-state index contributed by atoms with van der Waals surface area (Å²) in [5, 5.41) is 0. The number of anilines is 1. The van der Waals surface area contributed by atoms with Gasteiger partial charge in [-0.15, -0.1) is 0 Å². The average Bonchev–Trinajstić information content (AvgIpc) is 3.17. The van der Waals surface area contributed by atoms with Gasteiger partial charge >= 0.3 is 0 Å². The van der Waals surface area contributed by atoms with E-state index in [9.17, 15) is 9.18 Å². The van der Waals surface area contributed by atoms with Crippen molar-refractivity contribution in [3.63, 3.8) is 0 Å². The highest BCUT2D eigenvalue weighted by Gasteiger charge is 2.23. The zero-order valence-electron chi connectivity index (χ0n) is 18.7. The molecule has 0 bridgehead atoms. The molecule has 0 saturated heterocycles. The molecule has 0 spiro atoms. The highest BCUT2D eigenvalue weighted by molar-refractivity contribution is 5.95. The summed E-state index contributed by atoms with van der Waals surface area (Å²) in [4.78, 5) is 20.1. The second-order valence-electron chi connectivity index (χ2n) is 7.83. The number of carbonyl (C=O) groups excluding carboxylic acids is 1. The first-order valence-corrected chi connectivity index (χ1v) is 10.8. The predicted molar refractivity (Wildman–Crippen MR) is 130 cm³/mol. The standard InChI is InChI=1S/C27H26FN3O2/c1-20(19-33-2)31(23-8-4-3-5-9-23)27(32)18-30-25-11-7-6-10-24(25)29-26(30)17-14-21-12-15-22(28)16-13-21/h3-17,20H,18-19H2,1-2H3/b17-14+. The first-order chi connectivity index (χ1) is 16.1. The van der Waals surface area contributed by atoms with Crippen LogP contribution in [-0.4, -0.2) is 35.2 Å². The van der Waals surface area contributed by atoms with E-state index in [-0.39, 0.29) is 24.3 Å². The Morgan fingerprint density at radius 3 is 2.45 bits per heavy atom. The molecule has 4 rings (SSSR count). The van der Waals surface area contributed by atoms with E-state index in [1.165, 1.54) is 12.1 Å². The molecule has 1 aromatic heterocycles. The molecule has 1 unspecified atom stereocenters. The summed E-state index contributed by atoms with van der Waals surface area (Å²) in [6.07, 6.45) is 3.72. The maximum atomic E-state index is 13.6. The predicted octanol–water partition coefficient (Wildman–Crippen LogP) is 5.41. The zero-order chi connectivity index (χ0) is 23.2. The third-order valence-electron chi connectivity index (χ3n) is 5.42. The number of aromatic nitrogens is 2. The van der Waals surface area contributed by atoms with E-state index in [1.807, 2.05) is 78.2 Å². The smallest absolute Gasteiger partial charge is 0.247 e. The van der Waals surface area contributed by atoms with Crippen LogP contribution in [0.3, 0.4) is 0 Å². The third-order valence-corrected chi connectivity index (χ3v) is 5.42. The van der Waals surface area contributed by atoms with E-state index in [0.717, 1.165) is 22.3 Å². The molecule has 0 aliphatic carbocycles. The fraction of sp³-hybridized carbons (Fsp3) is 0.185. The summed E-state index contributed by atoms with van der Waals surface area (Å²) in [6.45, 7) is 2.50. The van der Waals surface area contributed by atoms with Gasteiger partial charge in [0.05, 0.1) is 23.7 Å². The van der Waals surface area contributed by atoms with Gasteiger partial charge in [0.2, 0.25) is 5.91 Å². The van der Waals surface area contributed by atoms with Crippen LogP contribution in [0.1, 0.15) is 18.3 Å². The van der Waals surface area contributed by atoms with E-state index >= 15 is 0 Å². The Kier molecular flexibility index (Phi) is 6.95. The monoisotopic (exact) mass is 443 g/mol. The van der Waals surface area contributed by atoms with Crippen molar-refractivity contribution in [2.45, 2.75) is 19.5 Å². The number of methoxy groups -OCH3 is 1. The number of ether oxygens (including phenoxy) is 1. The van der Waals surface area contributed by atoms with Crippen molar-refractivity contribution < 1.29 is 13.9 Å². The number of nitrogens with zero attached hydrogens (tertiary/aromatic N) is 3. The largest absolute Gasteiger partial charge is 0.383 e. The second kappa shape index (κ2) is 10.2. The van der Waals surface area contributed by atoms with Gasteiger partial charge in [0.1, 0.15) is 18.2 Å². The molecule has 1 heterocycles. The van der Waals surface area contributed by atoms with E-state index in [0.29, 0.717) is 12.4 Å². The van der Waals surface area contributed by atoms with Gasteiger partial charge in [-0.05, 0) is 55.0 Å². The number of amides is 1.